The Morgan fingerprint density at radius 3 is 2.83 bits per heavy atom. The first-order valence-electron chi connectivity index (χ1n) is 4.46. The van der Waals surface area contributed by atoms with Gasteiger partial charge in [-0.3, -0.25) is 4.79 Å². The van der Waals surface area contributed by atoms with Crippen LogP contribution in [-0.4, -0.2) is 36.9 Å². The third-order valence-electron chi connectivity index (χ3n) is 2.37. The second kappa shape index (κ2) is 3.74. The highest BCUT2D eigenvalue weighted by Crippen LogP contribution is 2.17. The van der Waals surface area contributed by atoms with Gasteiger partial charge in [-0.2, -0.15) is 0 Å². The van der Waals surface area contributed by atoms with Crippen LogP contribution in [0.15, 0.2) is 0 Å². The molecule has 0 aromatic rings. The van der Waals surface area contributed by atoms with Crippen LogP contribution in [0, 0.1) is 0 Å². The highest BCUT2D eigenvalue weighted by molar-refractivity contribution is 6.59. The molecule has 1 fully saturated rings. The third kappa shape index (κ3) is 1.68. The topological polar surface area (TPSA) is 37.4 Å². The lowest BCUT2D eigenvalue weighted by Gasteiger charge is -2.33. The van der Waals surface area contributed by atoms with Gasteiger partial charge in [0.05, 0.1) is 6.04 Å². The fourth-order valence-corrected chi connectivity index (χ4v) is 1.74. The highest BCUT2D eigenvalue weighted by atomic mass is 16.2. The predicted molar refractivity (Wildman–Crippen MR) is 48.6 cm³/mol. The minimum atomic E-state index is -0.142. The molecular weight excluding hydrogens is 153 g/mol. The Morgan fingerprint density at radius 1 is 1.75 bits per heavy atom. The van der Waals surface area contributed by atoms with Crippen LogP contribution >= 0.6 is 0 Å². The van der Waals surface area contributed by atoms with E-state index in [2.05, 4.69) is 0 Å². The van der Waals surface area contributed by atoms with Crippen LogP contribution in [0.4, 0.5) is 0 Å². The fraction of sp³-hybridized carbons (Fsp3) is 0.750. The van der Waals surface area contributed by atoms with E-state index in [1.54, 1.807) is 12.7 Å². The predicted octanol–water partition coefficient (Wildman–Crippen LogP) is -0.453. The zero-order valence-corrected chi connectivity index (χ0v) is 7.67. The Balaban J connectivity index is 2.70. The van der Waals surface area contributed by atoms with E-state index >= 15 is 0 Å². The molecular formula is C8H14BNO2. The van der Waals surface area contributed by atoms with Gasteiger partial charge in [0.25, 0.3) is 0 Å². The van der Waals surface area contributed by atoms with E-state index in [1.807, 2.05) is 6.92 Å². The molecule has 66 valence electrons. The second-order valence-corrected chi connectivity index (χ2v) is 3.20. The Morgan fingerprint density at radius 2 is 2.42 bits per heavy atom. The van der Waals surface area contributed by atoms with Crippen molar-refractivity contribution in [1.29, 1.82) is 0 Å². The molecule has 0 aliphatic carbocycles. The molecule has 0 saturated carbocycles. The minimum absolute atomic E-state index is 0.116. The Kier molecular flexibility index (Phi) is 2.90. The number of carbonyl (C=O) groups excluding carboxylic acids is 2. The molecule has 0 aromatic carbocycles. The van der Waals surface area contributed by atoms with E-state index in [4.69, 9.17) is 0 Å². The number of likely N-dealkylation sites (N-methyl/N-ethyl adjacent to an activating group) is 1. The Hall–Kier alpha value is -0.795. The van der Waals surface area contributed by atoms with Crippen LogP contribution in [0.5, 0.6) is 0 Å². The van der Waals surface area contributed by atoms with Crippen LogP contribution < -0.4 is 0 Å². The minimum Gasteiger partial charge on any atom is -0.334 e. The van der Waals surface area contributed by atoms with Crippen LogP contribution in [0.1, 0.15) is 26.2 Å². The van der Waals surface area contributed by atoms with Crippen molar-refractivity contribution >= 4 is 19.4 Å². The van der Waals surface area contributed by atoms with Crippen molar-refractivity contribution in [2.75, 3.05) is 6.54 Å². The van der Waals surface area contributed by atoms with Crippen molar-refractivity contribution in [1.82, 2.24) is 4.90 Å². The molecule has 1 aliphatic heterocycles. The standard InChI is InChI=1S/C8H14BNO2/c1-2-10-6(8(9)12)4-3-5-7(10)11/h6H,2-5,9H2,1H3/t6-/m0/s1. The van der Waals surface area contributed by atoms with Gasteiger partial charge in [0, 0.05) is 13.0 Å². The summed E-state index contributed by atoms with van der Waals surface area (Å²) in [4.78, 5) is 24.1. The lowest BCUT2D eigenvalue weighted by Crippen LogP contribution is -2.47. The van der Waals surface area contributed by atoms with Crippen LogP contribution in [-0.2, 0) is 9.59 Å². The highest BCUT2D eigenvalue weighted by Gasteiger charge is 2.28. The summed E-state index contributed by atoms with van der Waals surface area (Å²) in [5.41, 5.74) is 0.116. The second-order valence-electron chi connectivity index (χ2n) is 3.20. The number of likely N-dealkylation sites (tertiary alicyclic amines) is 1. The van der Waals surface area contributed by atoms with Crippen molar-refractivity contribution in [3.05, 3.63) is 0 Å². The summed E-state index contributed by atoms with van der Waals surface area (Å²) in [6.07, 6.45) is 2.31. The van der Waals surface area contributed by atoms with Crippen LogP contribution in [0.3, 0.4) is 0 Å². The van der Waals surface area contributed by atoms with E-state index in [9.17, 15) is 9.59 Å². The maximum absolute atomic E-state index is 11.3. The van der Waals surface area contributed by atoms with E-state index in [-0.39, 0.29) is 17.6 Å². The van der Waals surface area contributed by atoms with Gasteiger partial charge in [0.2, 0.25) is 5.91 Å². The summed E-state index contributed by atoms with van der Waals surface area (Å²) in [6.45, 7) is 2.57. The summed E-state index contributed by atoms with van der Waals surface area (Å²) in [6, 6.07) is -0.142. The van der Waals surface area contributed by atoms with Crippen LogP contribution in [0.25, 0.3) is 0 Å². The SMILES string of the molecule is BC(=O)[C@@H]1CCCC(=O)N1CC. The lowest BCUT2D eigenvalue weighted by molar-refractivity contribution is -0.140. The number of amides is 1. The van der Waals surface area contributed by atoms with E-state index < -0.39 is 0 Å². The molecule has 1 heterocycles. The first-order valence-corrected chi connectivity index (χ1v) is 4.46. The smallest absolute Gasteiger partial charge is 0.223 e. The number of carbonyl (C=O) groups is 2. The summed E-state index contributed by atoms with van der Waals surface area (Å²) in [7, 11) is 1.56. The number of hydrogen-bond acceptors (Lipinski definition) is 2. The van der Waals surface area contributed by atoms with Crippen molar-refractivity contribution in [3.63, 3.8) is 0 Å². The maximum Gasteiger partial charge on any atom is 0.223 e. The molecule has 0 radical (unpaired) electrons. The average Bonchev–Trinajstić information content (AvgIpc) is 2.03. The number of piperidine rings is 1. The molecule has 1 aliphatic rings. The summed E-state index contributed by atoms with van der Waals surface area (Å²) >= 11 is 0. The van der Waals surface area contributed by atoms with Gasteiger partial charge in [-0.1, -0.05) is 0 Å². The summed E-state index contributed by atoms with van der Waals surface area (Å²) < 4.78 is 0. The average molecular weight is 167 g/mol. The van der Waals surface area contributed by atoms with E-state index in [0.717, 1.165) is 12.8 Å². The lowest BCUT2D eigenvalue weighted by atomic mass is 9.88. The number of rotatable bonds is 2. The number of hydrogen-bond donors (Lipinski definition) is 0. The van der Waals surface area contributed by atoms with Gasteiger partial charge in [-0.15, -0.1) is 0 Å². The molecule has 0 N–H and O–H groups in total. The van der Waals surface area contributed by atoms with Gasteiger partial charge in [-0.25, -0.2) is 0 Å². The Bertz CT molecular complexity index is 205. The van der Waals surface area contributed by atoms with Gasteiger partial charge < -0.3 is 9.69 Å². The molecule has 1 amide bonds. The van der Waals surface area contributed by atoms with Gasteiger partial charge in [-0.05, 0) is 19.8 Å². The van der Waals surface area contributed by atoms with E-state index in [0.29, 0.717) is 13.0 Å². The molecule has 0 bridgehead atoms. The van der Waals surface area contributed by atoms with Gasteiger partial charge in [0.1, 0.15) is 5.68 Å². The summed E-state index contributed by atoms with van der Waals surface area (Å²) in [5.74, 6) is 0.129. The van der Waals surface area contributed by atoms with Crippen LogP contribution in [0.2, 0.25) is 0 Å². The molecule has 1 saturated heterocycles. The largest absolute Gasteiger partial charge is 0.334 e. The molecule has 1 rings (SSSR count). The molecule has 1 atom stereocenters. The van der Waals surface area contributed by atoms with Crippen molar-refractivity contribution < 1.29 is 9.59 Å². The maximum atomic E-state index is 11.3. The molecule has 0 unspecified atom stereocenters. The molecule has 12 heavy (non-hydrogen) atoms. The zero-order chi connectivity index (χ0) is 9.14. The number of nitrogens with zero attached hydrogens (tertiary/aromatic N) is 1. The monoisotopic (exact) mass is 167 g/mol. The summed E-state index contributed by atoms with van der Waals surface area (Å²) in [5, 5.41) is 0. The van der Waals surface area contributed by atoms with Crippen molar-refractivity contribution in [2.45, 2.75) is 32.2 Å². The zero-order valence-electron chi connectivity index (χ0n) is 7.67. The first-order chi connectivity index (χ1) is 5.66. The van der Waals surface area contributed by atoms with Gasteiger partial charge >= 0.3 is 0 Å². The molecule has 0 spiro atoms. The quantitative estimate of drug-likeness (QED) is 0.522. The van der Waals surface area contributed by atoms with Crippen molar-refractivity contribution in [2.24, 2.45) is 0 Å². The molecule has 3 nitrogen and oxygen atoms in total. The Labute approximate surface area is 73.5 Å². The van der Waals surface area contributed by atoms with Gasteiger partial charge in [0.15, 0.2) is 7.85 Å². The third-order valence-corrected chi connectivity index (χ3v) is 2.37. The molecule has 0 aromatic heterocycles. The fourth-order valence-electron chi connectivity index (χ4n) is 1.74. The first kappa shape index (κ1) is 9.29. The van der Waals surface area contributed by atoms with Crippen molar-refractivity contribution in [3.8, 4) is 0 Å². The van der Waals surface area contributed by atoms with E-state index in [1.165, 1.54) is 0 Å². The molecule has 4 heteroatoms. The normalized spacial score (nSPS) is 24.2.